The molecule has 0 aromatic heterocycles. The standard InChI is InChI=1S/C17H23NO8S/c1-11(19)14(26-17(21)12(2)24-3)9-10-16(20)18-13-7-5-6-8-15(13)27(22,23)25-4/h5-8,12,14H,9-10H2,1-4H3,(H,18,20). The first-order valence-electron chi connectivity index (χ1n) is 8.05. The highest BCUT2D eigenvalue weighted by atomic mass is 32.2. The molecule has 9 nitrogen and oxygen atoms in total. The van der Waals surface area contributed by atoms with Gasteiger partial charge >= 0.3 is 5.97 Å². The van der Waals surface area contributed by atoms with Crippen LogP contribution in [-0.4, -0.2) is 52.5 Å². The predicted molar refractivity (Wildman–Crippen MR) is 95.5 cm³/mol. The number of para-hydroxylation sites is 1. The molecule has 0 aliphatic carbocycles. The minimum absolute atomic E-state index is 0.0497. The lowest BCUT2D eigenvalue weighted by molar-refractivity contribution is -0.164. The maximum atomic E-state index is 12.2. The van der Waals surface area contributed by atoms with Crippen molar-refractivity contribution in [1.29, 1.82) is 0 Å². The van der Waals surface area contributed by atoms with Crippen LogP contribution >= 0.6 is 0 Å². The van der Waals surface area contributed by atoms with E-state index in [1.54, 1.807) is 6.07 Å². The molecular formula is C17H23NO8S. The summed E-state index contributed by atoms with van der Waals surface area (Å²) in [6, 6.07) is 5.74. The second kappa shape index (κ2) is 10.1. The summed E-state index contributed by atoms with van der Waals surface area (Å²) in [5.41, 5.74) is 0.0497. The number of esters is 1. The maximum absolute atomic E-state index is 12.2. The summed E-state index contributed by atoms with van der Waals surface area (Å²) in [6.07, 6.45) is -2.16. The summed E-state index contributed by atoms with van der Waals surface area (Å²) in [6.45, 7) is 2.72. The number of carbonyl (C=O) groups excluding carboxylic acids is 3. The van der Waals surface area contributed by atoms with E-state index < -0.39 is 40.0 Å². The number of hydrogen-bond donors (Lipinski definition) is 1. The van der Waals surface area contributed by atoms with E-state index >= 15 is 0 Å². The van der Waals surface area contributed by atoms with Crippen molar-refractivity contribution in [2.75, 3.05) is 19.5 Å². The summed E-state index contributed by atoms with van der Waals surface area (Å²) < 4.78 is 38.1. The van der Waals surface area contributed by atoms with Crippen LogP contribution in [0.25, 0.3) is 0 Å². The van der Waals surface area contributed by atoms with Crippen LogP contribution in [0.3, 0.4) is 0 Å². The minimum atomic E-state index is -4.00. The van der Waals surface area contributed by atoms with Crippen molar-refractivity contribution < 1.29 is 36.5 Å². The summed E-state index contributed by atoms with van der Waals surface area (Å²) in [7, 11) is -1.66. The molecule has 0 aliphatic rings. The second-order valence-corrected chi connectivity index (χ2v) is 7.30. The van der Waals surface area contributed by atoms with E-state index in [0.717, 1.165) is 7.11 Å². The number of ether oxygens (including phenoxy) is 2. The molecule has 0 bridgehead atoms. The normalized spacial score (nSPS) is 13.5. The fourth-order valence-corrected chi connectivity index (χ4v) is 2.84. The van der Waals surface area contributed by atoms with Crippen molar-refractivity contribution in [3.8, 4) is 0 Å². The molecule has 0 aliphatic heterocycles. The van der Waals surface area contributed by atoms with Crippen molar-refractivity contribution in [2.24, 2.45) is 0 Å². The Morgan fingerprint density at radius 2 is 1.78 bits per heavy atom. The van der Waals surface area contributed by atoms with E-state index in [4.69, 9.17) is 9.47 Å². The smallest absolute Gasteiger partial charge is 0.335 e. The van der Waals surface area contributed by atoms with Gasteiger partial charge in [-0.1, -0.05) is 12.1 Å². The number of carbonyl (C=O) groups is 3. The van der Waals surface area contributed by atoms with Gasteiger partial charge in [-0.05, 0) is 26.0 Å². The van der Waals surface area contributed by atoms with Crippen LogP contribution in [-0.2, 0) is 38.2 Å². The molecule has 1 rings (SSSR count). The average Bonchev–Trinajstić information content (AvgIpc) is 2.64. The molecule has 0 saturated carbocycles. The zero-order valence-electron chi connectivity index (χ0n) is 15.6. The number of methoxy groups -OCH3 is 1. The zero-order valence-corrected chi connectivity index (χ0v) is 16.4. The van der Waals surface area contributed by atoms with Crippen molar-refractivity contribution in [2.45, 2.75) is 43.8 Å². The summed E-state index contributed by atoms with van der Waals surface area (Å²) in [4.78, 5) is 35.3. The molecule has 0 fully saturated rings. The molecule has 150 valence electrons. The molecule has 0 heterocycles. The van der Waals surface area contributed by atoms with Gasteiger partial charge in [0.25, 0.3) is 10.1 Å². The molecule has 1 aromatic rings. The van der Waals surface area contributed by atoms with E-state index in [0.29, 0.717) is 0 Å². The van der Waals surface area contributed by atoms with Crippen LogP contribution in [0.15, 0.2) is 29.2 Å². The lowest BCUT2D eigenvalue weighted by Gasteiger charge is -2.17. The quantitative estimate of drug-likeness (QED) is 0.459. The van der Waals surface area contributed by atoms with E-state index in [-0.39, 0.29) is 23.4 Å². The van der Waals surface area contributed by atoms with Gasteiger partial charge in [-0.2, -0.15) is 8.42 Å². The van der Waals surface area contributed by atoms with Crippen LogP contribution in [0.2, 0.25) is 0 Å². The molecular weight excluding hydrogens is 378 g/mol. The number of rotatable bonds is 10. The van der Waals surface area contributed by atoms with Crippen LogP contribution in [0.5, 0.6) is 0 Å². The van der Waals surface area contributed by atoms with Gasteiger partial charge in [-0.3, -0.25) is 13.8 Å². The lowest BCUT2D eigenvalue weighted by atomic mass is 10.1. The van der Waals surface area contributed by atoms with Gasteiger partial charge < -0.3 is 14.8 Å². The third-order valence-corrected chi connectivity index (χ3v) is 5.01. The van der Waals surface area contributed by atoms with Crippen LogP contribution in [0, 0.1) is 0 Å². The Bertz CT molecular complexity index is 790. The lowest BCUT2D eigenvalue weighted by Crippen LogP contribution is -2.32. The third-order valence-electron chi connectivity index (χ3n) is 3.68. The molecule has 0 radical (unpaired) electrons. The fraction of sp³-hybridized carbons (Fsp3) is 0.471. The fourth-order valence-electron chi connectivity index (χ4n) is 2.03. The Labute approximate surface area is 158 Å². The second-order valence-electron chi connectivity index (χ2n) is 5.62. The SMILES string of the molecule is COC(C)C(=O)OC(CCC(=O)Nc1ccccc1S(=O)(=O)OC)C(C)=O. The molecule has 2 atom stereocenters. The largest absolute Gasteiger partial charge is 0.452 e. The van der Waals surface area contributed by atoms with Crippen molar-refractivity contribution in [3.63, 3.8) is 0 Å². The number of benzene rings is 1. The monoisotopic (exact) mass is 401 g/mol. The zero-order chi connectivity index (χ0) is 20.6. The third kappa shape index (κ3) is 6.74. The number of hydrogen-bond acceptors (Lipinski definition) is 8. The van der Waals surface area contributed by atoms with Gasteiger partial charge in [0.15, 0.2) is 18.0 Å². The summed E-state index contributed by atoms with van der Waals surface area (Å²) in [5, 5.41) is 2.46. The Morgan fingerprint density at radius 1 is 1.15 bits per heavy atom. The molecule has 27 heavy (non-hydrogen) atoms. The topological polar surface area (TPSA) is 125 Å². The van der Waals surface area contributed by atoms with Crippen molar-refractivity contribution in [1.82, 2.24) is 0 Å². The van der Waals surface area contributed by atoms with Crippen LogP contribution < -0.4 is 5.32 Å². The Morgan fingerprint density at radius 3 is 2.33 bits per heavy atom. The highest BCUT2D eigenvalue weighted by Crippen LogP contribution is 2.22. The van der Waals surface area contributed by atoms with E-state index in [2.05, 4.69) is 9.50 Å². The highest BCUT2D eigenvalue weighted by Gasteiger charge is 2.24. The summed E-state index contributed by atoms with van der Waals surface area (Å²) in [5.74, 6) is -1.67. The van der Waals surface area contributed by atoms with E-state index in [1.165, 1.54) is 39.2 Å². The molecule has 0 saturated heterocycles. The van der Waals surface area contributed by atoms with E-state index in [9.17, 15) is 22.8 Å². The molecule has 1 aromatic carbocycles. The average molecular weight is 401 g/mol. The van der Waals surface area contributed by atoms with Crippen molar-refractivity contribution in [3.05, 3.63) is 24.3 Å². The highest BCUT2D eigenvalue weighted by molar-refractivity contribution is 7.87. The van der Waals surface area contributed by atoms with Crippen LogP contribution in [0.1, 0.15) is 26.7 Å². The molecule has 0 spiro atoms. The maximum Gasteiger partial charge on any atom is 0.335 e. The minimum Gasteiger partial charge on any atom is -0.452 e. The number of nitrogens with one attached hydrogen (secondary N) is 1. The Kier molecular flexibility index (Phi) is 8.54. The molecule has 10 heteroatoms. The first-order valence-corrected chi connectivity index (χ1v) is 9.46. The number of amides is 1. The van der Waals surface area contributed by atoms with Crippen molar-refractivity contribution >= 4 is 33.5 Å². The van der Waals surface area contributed by atoms with Gasteiger partial charge in [0.2, 0.25) is 5.91 Å². The van der Waals surface area contributed by atoms with Crippen LogP contribution in [0.4, 0.5) is 5.69 Å². The first kappa shape index (κ1) is 22.7. The molecule has 1 N–H and O–H groups in total. The number of Topliss-reactive ketones (excluding diaryl/α,β-unsaturated/α-hetero) is 1. The summed E-state index contributed by atoms with van der Waals surface area (Å²) >= 11 is 0. The van der Waals surface area contributed by atoms with Gasteiger partial charge in [-0.15, -0.1) is 0 Å². The van der Waals surface area contributed by atoms with Gasteiger partial charge in [0.05, 0.1) is 12.8 Å². The first-order chi connectivity index (χ1) is 12.6. The van der Waals surface area contributed by atoms with Gasteiger partial charge in [-0.25, -0.2) is 4.79 Å². The van der Waals surface area contributed by atoms with Gasteiger partial charge in [0, 0.05) is 20.0 Å². The number of ketones is 1. The van der Waals surface area contributed by atoms with Gasteiger partial charge in [0.1, 0.15) is 4.90 Å². The number of anilines is 1. The molecule has 2 unspecified atom stereocenters. The molecule has 1 amide bonds. The Balaban J connectivity index is 2.77. The predicted octanol–water partition coefficient (Wildman–Crippen LogP) is 1.28. The van der Waals surface area contributed by atoms with E-state index in [1.807, 2.05) is 0 Å². The Hall–Kier alpha value is -2.30.